The number of rotatable bonds is 5. The van der Waals surface area contributed by atoms with Crippen LogP contribution in [0.3, 0.4) is 0 Å². The molecule has 0 aliphatic carbocycles. The van der Waals surface area contributed by atoms with Crippen molar-refractivity contribution in [3.63, 3.8) is 0 Å². The maximum Gasteiger partial charge on any atom is 0.164 e. The Bertz CT molecular complexity index is 634. The van der Waals surface area contributed by atoms with Crippen LogP contribution in [0.15, 0.2) is 42.5 Å². The molecule has 0 amide bonds. The number of nitrogens with zero attached hydrogens (tertiary/aromatic N) is 1. The smallest absolute Gasteiger partial charge is 0.164 e. The summed E-state index contributed by atoms with van der Waals surface area (Å²) >= 11 is 0. The molecule has 2 nitrogen and oxygen atoms in total. The van der Waals surface area contributed by atoms with Crippen molar-refractivity contribution in [1.29, 1.82) is 0 Å². The average molecular weight is 285 g/mol. The van der Waals surface area contributed by atoms with Gasteiger partial charge in [-0.2, -0.15) is 0 Å². The summed E-state index contributed by atoms with van der Waals surface area (Å²) < 4.78 is 12.8. The SMILES string of the molecule is Cc1ccc(N(C)CCC(=O)c2ccc(F)cc2)c(C)c1. The fourth-order valence-corrected chi connectivity index (χ4v) is 2.40. The van der Waals surface area contributed by atoms with E-state index in [-0.39, 0.29) is 11.6 Å². The van der Waals surface area contributed by atoms with E-state index < -0.39 is 0 Å². The van der Waals surface area contributed by atoms with Gasteiger partial charge < -0.3 is 4.90 Å². The van der Waals surface area contributed by atoms with Crippen LogP contribution in [0.5, 0.6) is 0 Å². The molecule has 0 N–H and O–H groups in total. The van der Waals surface area contributed by atoms with Gasteiger partial charge in [-0.3, -0.25) is 4.79 Å². The molecule has 3 heteroatoms. The van der Waals surface area contributed by atoms with E-state index in [1.54, 1.807) is 0 Å². The van der Waals surface area contributed by atoms with Gasteiger partial charge in [0.1, 0.15) is 5.82 Å². The van der Waals surface area contributed by atoms with Crippen LogP contribution in [0.1, 0.15) is 27.9 Å². The topological polar surface area (TPSA) is 20.3 Å². The Morgan fingerprint density at radius 3 is 2.38 bits per heavy atom. The number of carbonyl (C=O) groups excluding carboxylic acids is 1. The molecule has 0 fully saturated rings. The molecule has 0 aliphatic rings. The van der Waals surface area contributed by atoms with Gasteiger partial charge >= 0.3 is 0 Å². The normalized spacial score (nSPS) is 10.5. The number of anilines is 1. The van der Waals surface area contributed by atoms with Crippen molar-refractivity contribution in [3.05, 3.63) is 65.0 Å². The molecule has 0 aromatic heterocycles. The molecule has 0 heterocycles. The molecule has 110 valence electrons. The second-order valence-electron chi connectivity index (χ2n) is 5.39. The van der Waals surface area contributed by atoms with E-state index in [1.807, 2.05) is 7.05 Å². The molecular weight excluding hydrogens is 265 g/mol. The van der Waals surface area contributed by atoms with Gasteiger partial charge in [0.2, 0.25) is 0 Å². The number of halogens is 1. The summed E-state index contributed by atoms with van der Waals surface area (Å²) in [5, 5.41) is 0. The zero-order valence-corrected chi connectivity index (χ0v) is 12.7. The lowest BCUT2D eigenvalue weighted by atomic mass is 10.1. The summed E-state index contributed by atoms with van der Waals surface area (Å²) in [7, 11) is 1.98. The second kappa shape index (κ2) is 6.53. The molecule has 0 aliphatic heterocycles. The molecule has 0 saturated heterocycles. The first kappa shape index (κ1) is 15.2. The number of aryl methyl sites for hydroxylation is 2. The molecule has 0 radical (unpaired) electrons. The van der Waals surface area contributed by atoms with Crippen LogP contribution in [-0.4, -0.2) is 19.4 Å². The van der Waals surface area contributed by atoms with Crippen LogP contribution in [-0.2, 0) is 0 Å². The van der Waals surface area contributed by atoms with Crippen LogP contribution in [0, 0.1) is 19.7 Å². The van der Waals surface area contributed by atoms with Crippen molar-refractivity contribution < 1.29 is 9.18 Å². The highest BCUT2D eigenvalue weighted by molar-refractivity contribution is 5.96. The minimum atomic E-state index is -0.320. The molecule has 0 bridgehead atoms. The predicted octanol–water partition coefficient (Wildman–Crippen LogP) is 4.15. The lowest BCUT2D eigenvalue weighted by Crippen LogP contribution is -2.22. The summed E-state index contributed by atoms with van der Waals surface area (Å²) in [6.07, 6.45) is 0.412. The molecule has 21 heavy (non-hydrogen) atoms. The first-order valence-electron chi connectivity index (χ1n) is 7.04. The van der Waals surface area contributed by atoms with Crippen LogP contribution in [0.2, 0.25) is 0 Å². The lowest BCUT2D eigenvalue weighted by Gasteiger charge is -2.21. The fraction of sp³-hybridized carbons (Fsp3) is 0.278. The number of ketones is 1. The van der Waals surface area contributed by atoms with Gasteiger partial charge in [-0.15, -0.1) is 0 Å². The second-order valence-corrected chi connectivity index (χ2v) is 5.39. The van der Waals surface area contributed by atoms with E-state index >= 15 is 0 Å². The maximum absolute atomic E-state index is 12.8. The summed E-state index contributed by atoms with van der Waals surface area (Å²) in [4.78, 5) is 14.2. The first-order chi connectivity index (χ1) is 9.97. The van der Waals surface area contributed by atoms with E-state index in [1.165, 1.54) is 35.4 Å². The molecule has 2 aromatic carbocycles. The van der Waals surface area contributed by atoms with Crippen molar-refractivity contribution in [2.24, 2.45) is 0 Å². The largest absolute Gasteiger partial charge is 0.374 e. The highest BCUT2D eigenvalue weighted by atomic mass is 19.1. The zero-order valence-electron chi connectivity index (χ0n) is 12.7. The third-order valence-corrected chi connectivity index (χ3v) is 3.60. The third-order valence-electron chi connectivity index (χ3n) is 3.60. The Balaban J connectivity index is 1.98. The minimum absolute atomic E-state index is 0.0339. The molecule has 2 aromatic rings. The number of benzene rings is 2. The van der Waals surface area contributed by atoms with Gasteiger partial charge in [0.05, 0.1) is 0 Å². The summed E-state index contributed by atoms with van der Waals surface area (Å²) in [6.45, 7) is 4.77. The Kier molecular flexibility index (Phi) is 4.73. The Morgan fingerprint density at radius 2 is 1.76 bits per heavy atom. The van der Waals surface area contributed by atoms with E-state index in [0.29, 0.717) is 18.5 Å². The average Bonchev–Trinajstić information content (AvgIpc) is 2.45. The Labute approximate surface area is 125 Å². The number of Topliss-reactive ketones (excluding diaryl/α,β-unsaturated/α-hetero) is 1. The van der Waals surface area contributed by atoms with Crippen molar-refractivity contribution in [3.8, 4) is 0 Å². The summed E-state index contributed by atoms with van der Waals surface area (Å²) in [5.74, 6) is -0.287. The minimum Gasteiger partial charge on any atom is -0.374 e. The standard InChI is InChI=1S/C18H20FNO/c1-13-4-9-17(14(2)12-13)20(3)11-10-18(21)15-5-7-16(19)8-6-15/h4-9,12H,10-11H2,1-3H3. The van der Waals surface area contributed by atoms with Gasteiger partial charge in [0.15, 0.2) is 5.78 Å². The van der Waals surface area contributed by atoms with Crippen LogP contribution >= 0.6 is 0 Å². The van der Waals surface area contributed by atoms with Gasteiger partial charge in [-0.05, 0) is 49.7 Å². The van der Waals surface area contributed by atoms with Crippen molar-refractivity contribution >= 4 is 11.5 Å². The first-order valence-corrected chi connectivity index (χ1v) is 7.04. The van der Waals surface area contributed by atoms with Gasteiger partial charge in [-0.25, -0.2) is 4.39 Å². The van der Waals surface area contributed by atoms with Gasteiger partial charge in [0, 0.05) is 31.3 Å². The number of hydrogen-bond donors (Lipinski definition) is 0. The molecular formula is C18H20FNO. The monoisotopic (exact) mass is 285 g/mol. The van der Waals surface area contributed by atoms with Crippen LogP contribution in [0.25, 0.3) is 0 Å². The molecule has 2 rings (SSSR count). The van der Waals surface area contributed by atoms with Crippen molar-refractivity contribution in [2.45, 2.75) is 20.3 Å². The highest BCUT2D eigenvalue weighted by Crippen LogP contribution is 2.20. The quantitative estimate of drug-likeness (QED) is 0.769. The highest BCUT2D eigenvalue weighted by Gasteiger charge is 2.09. The Hall–Kier alpha value is -2.16. The zero-order chi connectivity index (χ0) is 15.4. The van der Waals surface area contributed by atoms with E-state index in [0.717, 1.165) is 5.69 Å². The number of carbonyl (C=O) groups is 1. The van der Waals surface area contributed by atoms with E-state index in [4.69, 9.17) is 0 Å². The Morgan fingerprint density at radius 1 is 1.10 bits per heavy atom. The lowest BCUT2D eigenvalue weighted by molar-refractivity contribution is 0.0985. The van der Waals surface area contributed by atoms with Crippen molar-refractivity contribution in [2.75, 3.05) is 18.5 Å². The van der Waals surface area contributed by atoms with E-state index in [9.17, 15) is 9.18 Å². The molecule has 0 spiro atoms. The maximum atomic E-state index is 12.8. The third kappa shape index (κ3) is 3.91. The summed E-state index contributed by atoms with van der Waals surface area (Å²) in [5.41, 5.74) is 4.12. The van der Waals surface area contributed by atoms with Crippen LogP contribution < -0.4 is 4.90 Å². The van der Waals surface area contributed by atoms with Gasteiger partial charge in [0.25, 0.3) is 0 Å². The molecule has 0 saturated carbocycles. The number of hydrogen-bond acceptors (Lipinski definition) is 2. The van der Waals surface area contributed by atoms with E-state index in [2.05, 4.69) is 36.9 Å². The van der Waals surface area contributed by atoms with Crippen molar-refractivity contribution in [1.82, 2.24) is 0 Å². The van der Waals surface area contributed by atoms with Gasteiger partial charge in [-0.1, -0.05) is 17.7 Å². The van der Waals surface area contributed by atoms with Crippen LogP contribution in [0.4, 0.5) is 10.1 Å². The molecule has 0 unspecified atom stereocenters. The fourth-order valence-electron chi connectivity index (χ4n) is 2.40. The molecule has 0 atom stereocenters. The summed E-state index contributed by atoms with van der Waals surface area (Å²) in [6, 6.07) is 12.0. The predicted molar refractivity (Wildman–Crippen MR) is 84.5 cm³/mol.